The summed E-state index contributed by atoms with van der Waals surface area (Å²) in [6, 6.07) is 2.36. The first-order chi connectivity index (χ1) is 12.2. The van der Waals surface area contributed by atoms with Crippen LogP contribution in [0.2, 0.25) is 0 Å². The lowest BCUT2D eigenvalue weighted by molar-refractivity contribution is 0.192. The van der Waals surface area contributed by atoms with Gasteiger partial charge in [-0.1, -0.05) is 5.16 Å². The van der Waals surface area contributed by atoms with Gasteiger partial charge in [-0.05, 0) is 39.2 Å². The van der Waals surface area contributed by atoms with E-state index in [0.29, 0.717) is 18.4 Å². The molecule has 25 heavy (non-hydrogen) atoms. The molecule has 1 saturated carbocycles. The molecular formula is C18H21N5O2. The Balaban J connectivity index is 1.64. The molecule has 0 spiro atoms. The zero-order chi connectivity index (χ0) is 17.0. The number of aromatic nitrogens is 5. The molecule has 1 aliphatic carbocycles. The van der Waals surface area contributed by atoms with Crippen LogP contribution in [0.5, 0.6) is 0 Å². The second-order valence-corrected chi connectivity index (χ2v) is 7.31. The molecule has 7 heteroatoms. The highest BCUT2D eigenvalue weighted by Crippen LogP contribution is 2.42. The van der Waals surface area contributed by atoms with Crippen molar-refractivity contribution in [3.63, 3.8) is 0 Å². The molecule has 0 aromatic carbocycles. The summed E-state index contributed by atoms with van der Waals surface area (Å²) in [6.45, 7) is 5.66. The number of hydrogen-bond acceptors (Lipinski definition) is 6. The molecule has 2 fully saturated rings. The fourth-order valence-corrected chi connectivity index (χ4v) is 3.43. The molecule has 0 radical (unpaired) electrons. The second kappa shape index (κ2) is 5.62. The van der Waals surface area contributed by atoms with Gasteiger partial charge in [-0.2, -0.15) is 10.1 Å². The smallest absolute Gasteiger partial charge is 0.258 e. The normalized spacial score (nSPS) is 20.8. The Kier molecular flexibility index (Phi) is 3.38. The van der Waals surface area contributed by atoms with E-state index in [1.807, 2.05) is 10.9 Å². The highest BCUT2D eigenvalue weighted by atomic mass is 16.5. The Morgan fingerprint density at radius 3 is 2.76 bits per heavy atom. The first kappa shape index (κ1) is 15.0. The van der Waals surface area contributed by atoms with E-state index in [9.17, 15) is 0 Å². The first-order valence-electron chi connectivity index (χ1n) is 9.00. The molecule has 3 aromatic heterocycles. The molecule has 0 N–H and O–H groups in total. The average Bonchev–Trinajstić information content (AvgIpc) is 3.05. The SMILES string of the molecule is CC(C)n1ncc2c(-c3nc([C@@H]4CCOC4)no3)cc(C3CC3)nc21. The zero-order valence-electron chi connectivity index (χ0n) is 14.5. The number of hydrogen-bond donors (Lipinski definition) is 0. The van der Waals surface area contributed by atoms with Crippen molar-refractivity contribution in [2.75, 3.05) is 13.2 Å². The predicted octanol–water partition coefficient (Wildman–Crippen LogP) is 3.44. The molecule has 1 saturated heterocycles. The van der Waals surface area contributed by atoms with Crippen molar-refractivity contribution in [1.82, 2.24) is 24.9 Å². The number of nitrogens with zero attached hydrogens (tertiary/aromatic N) is 5. The molecule has 5 rings (SSSR count). The third kappa shape index (κ3) is 2.54. The van der Waals surface area contributed by atoms with E-state index in [0.717, 1.165) is 41.1 Å². The topological polar surface area (TPSA) is 78.9 Å². The zero-order valence-corrected chi connectivity index (χ0v) is 14.5. The third-order valence-corrected chi connectivity index (χ3v) is 5.04. The van der Waals surface area contributed by atoms with E-state index < -0.39 is 0 Å². The molecule has 7 nitrogen and oxygen atoms in total. The standard InChI is InChI=1S/C18H21N5O2/c1-10(2)23-17-14(8-19-23)13(7-15(20-17)11-3-4-11)18-21-16(22-25-18)12-5-6-24-9-12/h7-8,10-12H,3-6,9H2,1-2H3/t12-/m1/s1. The number of rotatable bonds is 4. The van der Waals surface area contributed by atoms with Crippen LogP contribution in [0.1, 0.15) is 62.5 Å². The lowest BCUT2D eigenvalue weighted by Gasteiger charge is -2.08. The maximum atomic E-state index is 5.61. The average molecular weight is 339 g/mol. The van der Waals surface area contributed by atoms with E-state index in [2.05, 4.69) is 35.2 Å². The van der Waals surface area contributed by atoms with Gasteiger partial charge in [0.25, 0.3) is 5.89 Å². The van der Waals surface area contributed by atoms with Gasteiger partial charge in [-0.15, -0.1) is 0 Å². The number of ether oxygens (including phenoxy) is 1. The van der Waals surface area contributed by atoms with Gasteiger partial charge in [0, 0.05) is 30.2 Å². The van der Waals surface area contributed by atoms with Crippen molar-refractivity contribution in [2.24, 2.45) is 0 Å². The molecule has 1 atom stereocenters. The summed E-state index contributed by atoms with van der Waals surface area (Å²) in [5.41, 5.74) is 2.95. The second-order valence-electron chi connectivity index (χ2n) is 7.31. The predicted molar refractivity (Wildman–Crippen MR) is 91.4 cm³/mol. The van der Waals surface area contributed by atoms with Crippen LogP contribution in [0.25, 0.3) is 22.5 Å². The van der Waals surface area contributed by atoms with Gasteiger partial charge < -0.3 is 9.26 Å². The van der Waals surface area contributed by atoms with Crippen LogP contribution >= 0.6 is 0 Å². The minimum absolute atomic E-state index is 0.233. The summed E-state index contributed by atoms with van der Waals surface area (Å²) in [5, 5.41) is 9.70. The van der Waals surface area contributed by atoms with Gasteiger partial charge in [0.1, 0.15) is 0 Å². The molecule has 130 valence electrons. The summed E-state index contributed by atoms with van der Waals surface area (Å²) < 4.78 is 13.0. The van der Waals surface area contributed by atoms with Crippen molar-refractivity contribution in [1.29, 1.82) is 0 Å². The van der Waals surface area contributed by atoms with Crippen molar-refractivity contribution in [2.45, 2.75) is 51.0 Å². The van der Waals surface area contributed by atoms with Gasteiger partial charge in [0.05, 0.1) is 23.8 Å². The summed E-state index contributed by atoms with van der Waals surface area (Å²) >= 11 is 0. The monoisotopic (exact) mass is 339 g/mol. The quantitative estimate of drug-likeness (QED) is 0.724. The van der Waals surface area contributed by atoms with E-state index in [1.165, 1.54) is 12.8 Å². The van der Waals surface area contributed by atoms with Crippen LogP contribution in [-0.2, 0) is 4.74 Å². The molecular weight excluding hydrogens is 318 g/mol. The molecule has 1 aliphatic heterocycles. The van der Waals surface area contributed by atoms with Crippen LogP contribution in [0.3, 0.4) is 0 Å². The van der Waals surface area contributed by atoms with Crippen LogP contribution in [0, 0.1) is 0 Å². The third-order valence-electron chi connectivity index (χ3n) is 5.04. The van der Waals surface area contributed by atoms with Gasteiger partial charge in [-0.3, -0.25) is 0 Å². The van der Waals surface area contributed by atoms with E-state index in [1.54, 1.807) is 0 Å². The lowest BCUT2D eigenvalue weighted by atomic mass is 10.1. The number of pyridine rings is 1. The summed E-state index contributed by atoms with van der Waals surface area (Å²) in [7, 11) is 0. The van der Waals surface area contributed by atoms with Crippen molar-refractivity contribution >= 4 is 11.0 Å². The van der Waals surface area contributed by atoms with Crippen molar-refractivity contribution in [3.8, 4) is 11.5 Å². The summed E-state index contributed by atoms with van der Waals surface area (Å²) in [6.07, 6.45) is 5.20. The lowest BCUT2D eigenvalue weighted by Crippen LogP contribution is -2.04. The maximum absolute atomic E-state index is 5.61. The van der Waals surface area contributed by atoms with Gasteiger partial charge >= 0.3 is 0 Å². The molecule has 0 amide bonds. The van der Waals surface area contributed by atoms with Crippen molar-refractivity contribution < 1.29 is 9.26 Å². The number of fused-ring (bicyclic) bond motifs is 1. The Labute approximate surface area is 145 Å². The Hall–Kier alpha value is -2.28. The molecule has 2 aliphatic rings. The first-order valence-corrected chi connectivity index (χ1v) is 9.00. The van der Waals surface area contributed by atoms with Crippen LogP contribution in [0.4, 0.5) is 0 Å². The van der Waals surface area contributed by atoms with Crippen LogP contribution in [-0.4, -0.2) is 38.1 Å². The minimum atomic E-state index is 0.233. The van der Waals surface area contributed by atoms with Crippen LogP contribution < -0.4 is 0 Å². The van der Waals surface area contributed by atoms with Crippen molar-refractivity contribution in [3.05, 3.63) is 23.8 Å². The van der Waals surface area contributed by atoms with E-state index in [4.69, 9.17) is 14.2 Å². The largest absolute Gasteiger partial charge is 0.381 e. The minimum Gasteiger partial charge on any atom is -0.381 e. The van der Waals surface area contributed by atoms with Gasteiger partial charge in [0.15, 0.2) is 11.5 Å². The Morgan fingerprint density at radius 2 is 2.04 bits per heavy atom. The van der Waals surface area contributed by atoms with Gasteiger partial charge in [0.2, 0.25) is 0 Å². The molecule has 0 unspecified atom stereocenters. The fraction of sp³-hybridized carbons (Fsp3) is 0.556. The summed E-state index contributed by atoms with van der Waals surface area (Å²) in [5.74, 6) is 2.07. The highest BCUT2D eigenvalue weighted by molar-refractivity contribution is 5.90. The van der Waals surface area contributed by atoms with Gasteiger partial charge in [-0.25, -0.2) is 9.67 Å². The van der Waals surface area contributed by atoms with E-state index >= 15 is 0 Å². The molecule has 4 heterocycles. The Bertz CT molecular complexity index is 919. The maximum Gasteiger partial charge on any atom is 0.258 e. The molecule has 3 aromatic rings. The Morgan fingerprint density at radius 1 is 1.16 bits per heavy atom. The summed E-state index contributed by atoms with van der Waals surface area (Å²) in [4.78, 5) is 9.54. The van der Waals surface area contributed by atoms with E-state index in [-0.39, 0.29) is 12.0 Å². The molecule has 0 bridgehead atoms. The highest BCUT2D eigenvalue weighted by Gasteiger charge is 2.29. The van der Waals surface area contributed by atoms with Crippen LogP contribution in [0.15, 0.2) is 16.8 Å². The fourth-order valence-electron chi connectivity index (χ4n) is 3.43.